The van der Waals surface area contributed by atoms with Crippen molar-refractivity contribution in [3.8, 4) is 11.1 Å². The minimum Gasteiger partial charge on any atom is -0.417 e. The first-order valence-electron chi connectivity index (χ1n) is 9.91. The summed E-state index contributed by atoms with van der Waals surface area (Å²) in [6.45, 7) is 11.2. The van der Waals surface area contributed by atoms with Crippen LogP contribution in [-0.4, -0.2) is 32.8 Å². The highest BCUT2D eigenvalue weighted by Crippen LogP contribution is 2.36. The molecule has 0 bridgehead atoms. The van der Waals surface area contributed by atoms with Crippen LogP contribution in [0.15, 0.2) is 54.6 Å². The number of hydrogen-bond acceptors (Lipinski definition) is 3. The van der Waals surface area contributed by atoms with Crippen LogP contribution in [0.2, 0.25) is 18.1 Å². The maximum atomic E-state index is 12.6. The highest BCUT2D eigenvalue weighted by Gasteiger charge is 2.37. The number of hydrogen-bond donors (Lipinski definition) is 2. The Morgan fingerprint density at radius 2 is 1.55 bits per heavy atom. The molecule has 0 saturated heterocycles. The van der Waals surface area contributed by atoms with Crippen molar-refractivity contribution in [1.82, 2.24) is 5.32 Å². The van der Waals surface area contributed by atoms with Gasteiger partial charge in [0.25, 0.3) is 5.91 Å². The summed E-state index contributed by atoms with van der Waals surface area (Å²) in [5.41, 5.74) is 8.09. The molecule has 0 unspecified atom stereocenters. The number of amides is 2. The van der Waals surface area contributed by atoms with Crippen molar-refractivity contribution in [2.45, 2.75) is 51.4 Å². The fourth-order valence-corrected chi connectivity index (χ4v) is 3.68. The Labute approximate surface area is 174 Å². The molecule has 0 spiro atoms. The van der Waals surface area contributed by atoms with E-state index >= 15 is 0 Å². The molecule has 2 amide bonds. The molecule has 156 valence electrons. The smallest absolute Gasteiger partial charge is 0.251 e. The first-order chi connectivity index (χ1) is 13.5. The van der Waals surface area contributed by atoms with E-state index in [-0.39, 0.29) is 10.9 Å². The highest BCUT2D eigenvalue weighted by atomic mass is 28.4. The number of carbonyl (C=O) groups excluding carboxylic acids is 2. The molecular formula is C23H32N2O3Si. The minimum atomic E-state index is -1.91. The monoisotopic (exact) mass is 412 g/mol. The minimum absolute atomic E-state index is 0.0823. The van der Waals surface area contributed by atoms with Crippen LogP contribution < -0.4 is 11.1 Å². The van der Waals surface area contributed by atoms with E-state index < -0.39 is 20.3 Å². The van der Waals surface area contributed by atoms with E-state index in [9.17, 15) is 9.59 Å². The van der Waals surface area contributed by atoms with Crippen LogP contribution in [0.4, 0.5) is 0 Å². The van der Waals surface area contributed by atoms with Crippen molar-refractivity contribution in [3.63, 3.8) is 0 Å². The van der Waals surface area contributed by atoms with Crippen LogP contribution in [0.3, 0.4) is 0 Å². The van der Waals surface area contributed by atoms with Gasteiger partial charge in [-0.2, -0.15) is 0 Å². The van der Waals surface area contributed by atoms with Crippen LogP contribution >= 0.6 is 0 Å². The Hall–Kier alpha value is -2.44. The molecule has 0 radical (unpaired) electrons. The SMILES string of the molecule is CC(C)(C)[Si](C)(C)OCC[C@H](NC(=O)c1ccc(-c2ccccc2)cc1)C(N)=O. The molecule has 0 aliphatic heterocycles. The van der Waals surface area contributed by atoms with Crippen LogP contribution in [-0.2, 0) is 9.22 Å². The average molecular weight is 413 g/mol. The molecule has 0 heterocycles. The summed E-state index contributed by atoms with van der Waals surface area (Å²) in [5.74, 6) is -0.876. The lowest BCUT2D eigenvalue weighted by Crippen LogP contribution is -2.46. The lowest BCUT2D eigenvalue weighted by molar-refractivity contribution is -0.120. The maximum Gasteiger partial charge on any atom is 0.251 e. The molecule has 3 N–H and O–H groups in total. The summed E-state index contributed by atoms with van der Waals surface area (Å²) in [5, 5.41) is 2.82. The number of rotatable bonds is 8. The van der Waals surface area contributed by atoms with Crippen LogP contribution in [0, 0.1) is 0 Å². The number of nitrogens with two attached hydrogens (primary N) is 1. The summed E-state index contributed by atoms with van der Waals surface area (Å²) < 4.78 is 6.11. The van der Waals surface area contributed by atoms with Crippen molar-refractivity contribution in [3.05, 3.63) is 60.2 Å². The third-order valence-electron chi connectivity index (χ3n) is 5.58. The zero-order valence-electron chi connectivity index (χ0n) is 18.0. The molecule has 2 rings (SSSR count). The molecule has 0 fully saturated rings. The van der Waals surface area contributed by atoms with Gasteiger partial charge in [-0.05, 0) is 47.8 Å². The Bertz CT molecular complexity index is 827. The third-order valence-corrected chi connectivity index (χ3v) is 10.1. The van der Waals surface area contributed by atoms with Crippen LogP contribution in [0.25, 0.3) is 11.1 Å². The fourth-order valence-electron chi connectivity index (χ4n) is 2.62. The van der Waals surface area contributed by atoms with E-state index in [1.807, 2.05) is 42.5 Å². The van der Waals surface area contributed by atoms with E-state index in [1.165, 1.54) is 0 Å². The first-order valence-corrected chi connectivity index (χ1v) is 12.8. The summed E-state index contributed by atoms with van der Waals surface area (Å²) in [6.07, 6.45) is 0.357. The van der Waals surface area contributed by atoms with Gasteiger partial charge >= 0.3 is 0 Å². The van der Waals surface area contributed by atoms with Crippen molar-refractivity contribution >= 4 is 20.1 Å². The quantitative estimate of drug-likeness (QED) is 0.633. The summed E-state index contributed by atoms with van der Waals surface area (Å²) in [7, 11) is -1.91. The number of nitrogens with one attached hydrogen (secondary N) is 1. The predicted octanol–water partition coefficient (Wildman–Crippen LogP) is 4.35. The Balaban J connectivity index is 1.98. The van der Waals surface area contributed by atoms with E-state index in [2.05, 4.69) is 39.2 Å². The summed E-state index contributed by atoms with van der Waals surface area (Å²) in [6, 6.07) is 16.5. The fraction of sp³-hybridized carbons (Fsp3) is 0.391. The van der Waals surface area contributed by atoms with Gasteiger partial charge in [0, 0.05) is 12.2 Å². The van der Waals surface area contributed by atoms with E-state index in [0.717, 1.165) is 11.1 Å². The van der Waals surface area contributed by atoms with Crippen molar-refractivity contribution < 1.29 is 14.0 Å². The van der Waals surface area contributed by atoms with Crippen molar-refractivity contribution in [2.75, 3.05) is 6.61 Å². The third kappa shape index (κ3) is 6.27. The molecule has 6 heteroatoms. The van der Waals surface area contributed by atoms with Crippen LogP contribution in [0.5, 0.6) is 0 Å². The Morgan fingerprint density at radius 1 is 1.00 bits per heavy atom. The second-order valence-electron chi connectivity index (χ2n) is 8.77. The zero-order chi connectivity index (χ0) is 21.7. The van der Waals surface area contributed by atoms with Gasteiger partial charge in [0.2, 0.25) is 5.91 Å². The molecule has 5 nitrogen and oxygen atoms in total. The Kier molecular flexibility index (Phi) is 7.38. The number of primary amides is 1. The molecular weight excluding hydrogens is 380 g/mol. The van der Waals surface area contributed by atoms with Gasteiger partial charge in [-0.15, -0.1) is 0 Å². The van der Waals surface area contributed by atoms with Gasteiger partial charge in [-0.1, -0.05) is 63.2 Å². The van der Waals surface area contributed by atoms with Gasteiger partial charge < -0.3 is 15.5 Å². The number of benzene rings is 2. The van der Waals surface area contributed by atoms with Gasteiger partial charge in [0.1, 0.15) is 6.04 Å². The largest absolute Gasteiger partial charge is 0.417 e. The van der Waals surface area contributed by atoms with Crippen molar-refractivity contribution in [1.29, 1.82) is 0 Å². The van der Waals surface area contributed by atoms with Crippen molar-refractivity contribution in [2.24, 2.45) is 5.73 Å². The highest BCUT2D eigenvalue weighted by molar-refractivity contribution is 6.74. The Morgan fingerprint density at radius 3 is 2.07 bits per heavy atom. The molecule has 1 atom stereocenters. The lowest BCUT2D eigenvalue weighted by atomic mass is 10.0. The second kappa shape index (κ2) is 9.37. The molecule has 29 heavy (non-hydrogen) atoms. The van der Waals surface area contributed by atoms with Gasteiger partial charge in [0.05, 0.1) is 0 Å². The first kappa shape index (κ1) is 22.8. The topological polar surface area (TPSA) is 81.4 Å². The summed E-state index contributed by atoms with van der Waals surface area (Å²) in [4.78, 5) is 24.4. The molecule has 0 saturated carbocycles. The summed E-state index contributed by atoms with van der Waals surface area (Å²) >= 11 is 0. The predicted molar refractivity (Wildman–Crippen MR) is 120 cm³/mol. The van der Waals surface area contributed by atoms with E-state index in [0.29, 0.717) is 18.6 Å². The van der Waals surface area contributed by atoms with E-state index in [4.69, 9.17) is 10.2 Å². The molecule has 2 aromatic carbocycles. The normalized spacial score (nSPS) is 13.0. The zero-order valence-corrected chi connectivity index (χ0v) is 19.0. The molecule has 0 aliphatic carbocycles. The lowest BCUT2D eigenvalue weighted by Gasteiger charge is -2.36. The average Bonchev–Trinajstić information content (AvgIpc) is 2.66. The number of carbonyl (C=O) groups is 2. The molecule has 2 aromatic rings. The second-order valence-corrected chi connectivity index (χ2v) is 13.6. The maximum absolute atomic E-state index is 12.6. The molecule has 0 aromatic heterocycles. The standard InChI is InChI=1S/C23H32N2O3Si/c1-23(2,3)29(4,5)28-16-15-20(21(24)26)25-22(27)19-13-11-18(12-14-19)17-9-7-6-8-10-17/h6-14,20H,15-16H2,1-5H3,(H2,24,26)(H,25,27)/t20-/m0/s1. The van der Waals surface area contributed by atoms with Gasteiger partial charge in [-0.3, -0.25) is 9.59 Å². The molecule has 0 aliphatic rings. The van der Waals surface area contributed by atoms with E-state index in [1.54, 1.807) is 12.1 Å². The van der Waals surface area contributed by atoms with Gasteiger partial charge in [-0.25, -0.2) is 0 Å². The van der Waals surface area contributed by atoms with Crippen LogP contribution in [0.1, 0.15) is 37.6 Å². The van der Waals surface area contributed by atoms with Gasteiger partial charge in [0.15, 0.2) is 8.32 Å².